The van der Waals surface area contributed by atoms with Crippen molar-refractivity contribution in [1.82, 2.24) is 9.88 Å². The molecule has 2 N–H and O–H groups in total. The van der Waals surface area contributed by atoms with Gasteiger partial charge in [-0.1, -0.05) is 25.8 Å². The number of nitrogen functional groups attached to an aromatic ring is 1. The zero-order valence-electron chi connectivity index (χ0n) is 10.9. The number of hydrogen-bond acceptors (Lipinski definition) is 3. The molecule has 0 saturated heterocycles. The smallest absolute Gasteiger partial charge is 0.123 e. The average Bonchev–Trinajstić information content (AvgIpc) is 2.32. The fourth-order valence-corrected chi connectivity index (χ4v) is 2.75. The van der Waals surface area contributed by atoms with Gasteiger partial charge < -0.3 is 5.73 Å². The molecule has 1 fully saturated rings. The van der Waals surface area contributed by atoms with Gasteiger partial charge in [-0.3, -0.25) is 4.90 Å². The normalized spacial score (nSPS) is 25.1. The van der Waals surface area contributed by atoms with Crippen molar-refractivity contribution in [2.24, 2.45) is 5.92 Å². The zero-order valence-corrected chi connectivity index (χ0v) is 10.9. The average molecular weight is 233 g/mol. The Labute approximate surface area is 104 Å². The van der Waals surface area contributed by atoms with Crippen LogP contribution in [0.25, 0.3) is 0 Å². The quantitative estimate of drug-likeness (QED) is 0.872. The molecule has 2 atom stereocenters. The number of anilines is 1. The Kier molecular flexibility index (Phi) is 4.00. The number of pyridine rings is 1. The van der Waals surface area contributed by atoms with E-state index in [0.717, 1.165) is 18.5 Å². The number of rotatable bonds is 3. The Bertz CT molecular complexity index is 347. The van der Waals surface area contributed by atoms with Crippen LogP contribution in [-0.4, -0.2) is 23.0 Å². The molecule has 1 heterocycles. The Hall–Kier alpha value is -1.09. The minimum atomic E-state index is 0.600. The van der Waals surface area contributed by atoms with Crippen LogP contribution in [0.3, 0.4) is 0 Å². The standard InChI is InChI=1S/C14H23N3/c1-11-4-3-5-13(8-11)17(2)10-12-6-7-14(15)16-9-12/h6-7,9,11,13H,3-5,8,10H2,1-2H3,(H2,15,16). The van der Waals surface area contributed by atoms with E-state index in [1.807, 2.05) is 12.3 Å². The molecule has 0 aromatic carbocycles. The van der Waals surface area contributed by atoms with Crippen molar-refractivity contribution in [3.63, 3.8) is 0 Å². The van der Waals surface area contributed by atoms with Crippen molar-refractivity contribution in [1.29, 1.82) is 0 Å². The van der Waals surface area contributed by atoms with Crippen LogP contribution in [-0.2, 0) is 6.54 Å². The van der Waals surface area contributed by atoms with Crippen molar-refractivity contribution >= 4 is 5.82 Å². The fraction of sp³-hybridized carbons (Fsp3) is 0.643. The Morgan fingerprint density at radius 2 is 2.24 bits per heavy atom. The molecule has 0 radical (unpaired) electrons. The maximum absolute atomic E-state index is 5.59. The van der Waals surface area contributed by atoms with Crippen LogP contribution in [0.2, 0.25) is 0 Å². The van der Waals surface area contributed by atoms with Crippen LogP contribution < -0.4 is 5.73 Å². The molecule has 0 amide bonds. The molecule has 2 unspecified atom stereocenters. The van der Waals surface area contributed by atoms with Crippen LogP contribution in [0.15, 0.2) is 18.3 Å². The highest BCUT2D eigenvalue weighted by atomic mass is 15.1. The number of nitrogens with two attached hydrogens (primary N) is 1. The van der Waals surface area contributed by atoms with Gasteiger partial charge in [0, 0.05) is 18.8 Å². The third kappa shape index (κ3) is 3.43. The summed E-state index contributed by atoms with van der Waals surface area (Å²) in [5.41, 5.74) is 6.84. The molecule has 94 valence electrons. The second-order valence-electron chi connectivity index (χ2n) is 5.43. The van der Waals surface area contributed by atoms with Crippen molar-refractivity contribution in [2.45, 2.75) is 45.2 Å². The number of nitrogens with zero attached hydrogens (tertiary/aromatic N) is 2. The molecular weight excluding hydrogens is 210 g/mol. The summed E-state index contributed by atoms with van der Waals surface area (Å²) in [6.45, 7) is 3.34. The Morgan fingerprint density at radius 3 is 2.88 bits per heavy atom. The van der Waals surface area contributed by atoms with Gasteiger partial charge in [0.25, 0.3) is 0 Å². The SMILES string of the molecule is CC1CCCC(N(C)Cc2ccc(N)nc2)C1. The van der Waals surface area contributed by atoms with Crippen molar-refractivity contribution in [3.05, 3.63) is 23.9 Å². The van der Waals surface area contributed by atoms with Gasteiger partial charge in [0.05, 0.1) is 0 Å². The summed E-state index contributed by atoms with van der Waals surface area (Å²) >= 11 is 0. The van der Waals surface area contributed by atoms with E-state index in [1.54, 1.807) is 0 Å². The Morgan fingerprint density at radius 1 is 1.41 bits per heavy atom. The van der Waals surface area contributed by atoms with E-state index in [2.05, 4.69) is 29.9 Å². The molecule has 1 aromatic heterocycles. The molecule has 1 aromatic rings. The first-order valence-corrected chi connectivity index (χ1v) is 6.56. The van der Waals surface area contributed by atoms with Gasteiger partial charge in [-0.2, -0.15) is 0 Å². The van der Waals surface area contributed by atoms with Crippen molar-refractivity contribution in [3.8, 4) is 0 Å². The predicted octanol–water partition coefficient (Wildman–Crippen LogP) is 2.67. The molecule has 1 aliphatic carbocycles. The molecule has 1 saturated carbocycles. The van der Waals surface area contributed by atoms with Crippen LogP contribution >= 0.6 is 0 Å². The second kappa shape index (κ2) is 5.50. The molecule has 2 rings (SSSR count). The highest BCUT2D eigenvalue weighted by Gasteiger charge is 2.22. The lowest BCUT2D eigenvalue weighted by molar-refractivity contribution is 0.157. The summed E-state index contributed by atoms with van der Waals surface area (Å²) in [7, 11) is 2.22. The first-order chi connectivity index (χ1) is 8.15. The maximum Gasteiger partial charge on any atom is 0.123 e. The van der Waals surface area contributed by atoms with Gasteiger partial charge in [-0.05, 0) is 37.4 Å². The van der Waals surface area contributed by atoms with Crippen LogP contribution in [0.1, 0.15) is 38.2 Å². The second-order valence-corrected chi connectivity index (χ2v) is 5.43. The fourth-order valence-electron chi connectivity index (χ4n) is 2.75. The lowest BCUT2D eigenvalue weighted by Crippen LogP contribution is -2.35. The first kappa shape index (κ1) is 12.4. The van der Waals surface area contributed by atoms with E-state index in [-0.39, 0.29) is 0 Å². The summed E-state index contributed by atoms with van der Waals surface area (Å²) in [6, 6.07) is 4.69. The molecule has 0 bridgehead atoms. The van der Waals surface area contributed by atoms with E-state index in [0.29, 0.717) is 5.82 Å². The lowest BCUT2D eigenvalue weighted by Gasteiger charge is -2.34. The van der Waals surface area contributed by atoms with E-state index < -0.39 is 0 Å². The molecule has 0 aliphatic heterocycles. The summed E-state index contributed by atoms with van der Waals surface area (Å²) in [6.07, 6.45) is 7.32. The van der Waals surface area contributed by atoms with Gasteiger partial charge in [-0.15, -0.1) is 0 Å². The van der Waals surface area contributed by atoms with Gasteiger partial charge in [0.15, 0.2) is 0 Å². The van der Waals surface area contributed by atoms with Crippen molar-refractivity contribution < 1.29 is 0 Å². The molecule has 1 aliphatic rings. The summed E-state index contributed by atoms with van der Waals surface area (Å²) < 4.78 is 0. The summed E-state index contributed by atoms with van der Waals surface area (Å²) in [5, 5.41) is 0. The third-order valence-corrected chi connectivity index (χ3v) is 3.81. The van der Waals surface area contributed by atoms with Crippen LogP contribution in [0.4, 0.5) is 5.82 Å². The maximum atomic E-state index is 5.59. The lowest BCUT2D eigenvalue weighted by atomic mass is 9.86. The van der Waals surface area contributed by atoms with E-state index in [9.17, 15) is 0 Å². The van der Waals surface area contributed by atoms with Crippen LogP contribution in [0.5, 0.6) is 0 Å². The summed E-state index contributed by atoms with van der Waals surface area (Å²) in [4.78, 5) is 6.60. The number of hydrogen-bond donors (Lipinski definition) is 1. The van der Waals surface area contributed by atoms with E-state index in [4.69, 9.17) is 5.73 Å². The van der Waals surface area contributed by atoms with Crippen molar-refractivity contribution in [2.75, 3.05) is 12.8 Å². The molecule has 3 heteroatoms. The topological polar surface area (TPSA) is 42.1 Å². The van der Waals surface area contributed by atoms with Gasteiger partial charge in [0.2, 0.25) is 0 Å². The molecular formula is C14H23N3. The minimum absolute atomic E-state index is 0.600. The largest absolute Gasteiger partial charge is 0.384 e. The van der Waals surface area contributed by atoms with Crippen LogP contribution in [0, 0.1) is 5.92 Å². The van der Waals surface area contributed by atoms with Gasteiger partial charge in [0.1, 0.15) is 5.82 Å². The molecule has 0 spiro atoms. The van der Waals surface area contributed by atoms with E-state index in [1.165, 1.54) is 31.2 Å². The highest BCUT2D eigenvalue weighted by Crippen LogP contribution is 2.27. The highest BCUT2D eigenvalue weighted by molar-refractivity contribution is 5.29. The minimum Gasteiger partial charge on any atom is -0.384 e. The molecule has 3 nitrogen and oxygen atoms in total. The van der Waals surface area contributed by atoms with Gasteiger partial charge in [-0.25, -0.2) is 4.98 Å². The summed E-state index contributed by atoms with van der Waals surface area (Å²) in [5.74, 6) is 1.48. The van der Waals surface area contributed by atoms with Gasteiger partial charge >= 0.3 is 0 Å². The number of aromatic nitrogens is 1. The monoisotopic (exact) mass is 233 g/mol. The predicted molar refractivity (Wildman–Crippen MR) is 71.5 cm³/mol. The third-order valence-electron chi connectivity index (χ3n) is 3.81. The Balaban J connectivity index is 1.91. The first-order valence-electron chi connectivity index (χ1n) is 6.56. The zero-order chi connectivity index (χ0) is 12.3. The molecule has 17 heavy (non-hydrogen) atoms. The van der Waals surface area contributed by atoms with E-state index >= 15 is 0 Å².